The molecule has 3 aromatic heterocycles. The SMILES string of the molecule is O=C(C[C@H](c1ccc2nccnc2c1)c1c(O)nc2ccccn2c1=O)NCCc1ccc(O)c(O)c1. The third-order valence-corrected chi connectivity index (χ3v) is 6.16. The maximum Gasteiger partial charge on any atom is 0.265 e. The summed E-state index contributed by atoms with van der Waals surface area (Å²) in [5.41, 5.74) is 2.41. The molecule has 4 N–H and O–H groups in total. The van der Waals surface area contributed by atoms with Crippen LogP contribution in [0.4, 0.5) is 0 Å². The average Bonchev–Trinajstić information content (AvgIpc) is 2.90. The first-order valence-electron chi connectivity index (χ1n) is 11.6. The van der Waals surface area contributed by atoms with E-state index < -0.39 is 17.4 Å². The highest BCUT2D eigenvalue weighted by atomic mass is 16.3. The van der Waals surface area contributed by atoms with Gasteiger partial charge < -0.3 is 20.6 Å². The van der Waals surface area contributed by atoms with E-state index in [9.17, 15) is 24.9 Å². The quantitative estimate of drug-likeness (QED) is 0.251. The average molecular weight is 498 g/mol. The highest BCUT2D eigenvalue weighted by Gasteiger charge is 2.27. The summed E-state index contributed by atoms with van der Waals surface area (Å²) >= 11 is 0. The topological polar surface area (TPSA) is 150 Å². The Kier molecular flexibility index (Phi) is 6.38. The van der Waals surface area contributed by atoms with Crippen LogP contribution in [0.1, 0.15) is 29.0 Å². The van der Waals surface area contributed by atoms with Gasteiger partial charge in [-0.1, -0.05) is 18.2 Å². The third kappa shape index (κ3) is 4.90. The molecule has 0 aliphatic rings. The number of aromatic hydroxyl groups is 3. The molecule has 1 amide bonds. The van der Waals surface area contributed by atoms with Crippen LogP contribution in [0.25, 0.3) is 16.7 Å². The maximum atomic E-state index is 13.4. The number of hydrogen-bond donors (Lipinski definition) is 4. The molecule has 0 bridgehead atoms. The van der Waals surface area contributed by atoms with Crippen molar-refractivity contribution >= 4 is 22.6 Å². The zero-order valence-corrected chi connectivity index (χ0v) is 19.6. The van der Waals surface area contributed by atoms with Crippen molar-refractivity contribution in [1.29, 1.82) is 0 Å². The van der Waals surface area contributed by atoms with Crippen molar-refractivity contribution in [1.82, 2.24) is 24.7 Å². The van der Waals surface area contributed by atoms with Gasteiger partial charge in [-0.2, -0.15) is 4.98 Å². The summed E-state index contributed by atoms with van der Waals surface area (Å²) in [6.07, 6.45) is 4.98. The molecule has 5 rings (SSSR count). The lowest BCUT2D eigenvalue weighted by atomic mass is 9.88. The molecule has 5 aromatic rings. The normalized spacial score (nSPS) is 12.0. The van der Waals surface area contributed by atoms with Gasteiger partial charge in [0.25, 0.3) is 5.56 Å². The molecule has 0 saturated carbocycles. The van der Waals surface area contributed by atoms with Crippen LogP contribution in [0.2, 0.25) is 0 Å². The number of pyridine rings is 1. The Morgan fingerprint density at radius 1 is 0.946 bits per heavy atom. The summed E-state index contributed by atoms with van der Waals surface area (Å²) in [7, 11) is 0. The van der Waals surface area contributed by atoms with E-state index in [4.69, 9.17) is 0 Å². The van der Waals surface area contributed by atoms with E-state index in [-0.39, 0.29) is 35.9 Å². The molecule has 0 fully saturated rings. The molecule has 0 aliphatic carbocycles. The van der Waals surface area contributed by atoms with Gasteiger partial charge in [0, 0.05) is 37.5 Å². The first-order valence-corrected chi connectivity index (χ1v) is 11.6. The van der Waals surface area contributed by atoms with E-state index in [1.165, 1.54) is 16.5 Å². The number of nitrogens with one attached hydrogen (secondary N) is 1. The summed E-state index contributed by atoms with van der Waals surface area (Å²) in [4.78, 5) is 39.2. The summed E-state index contributed by atoms with van der Waals surface area (Å²) in [5, 5.41) is 32.8. The number of phenols is 2. The van der Waals surface area contributed by atoms with E-state index in [0.717, 1.165) is 5.56 Å². The number of benzene rings is 2. The molecule has 10 nitrogen and oxygen atoms in total. The minimum atomic E-state index is -0.804. The van der Waals surface area contributed by atoms with Gasteiger partial charge >= 0.3 is 0 Å². The van der Waals surface area contributed by atoms with Crippen molar-refractivity contribution in [2.45, 2.75) is 18.8 Å². The Morgan fingerprint density at radius 3 is 2.57 bits per heavy atom. The fourth-order valence-electron chi connectivity index (χ4n) is 4.31. The fourth-order valence-corrected chi connectivity index (χ4v) is 4.31. The largest absolute Gasteiger partial charge is 0.504 e. The molecule has 2 aromatic carbocycles. The minimum Gasteiger partial charge on any atom is -0.504 e. The Bertz CT molecular complexity index is 1680. The molecule has 0 radical (unpaired) electrons. The summed E-state index contributed by atoms with van der Waals surface area (Å²) < 4.78 is 1.33. The minimum absolute atomic E-state index is 0.00514. The van der Waals surface area contributed by atoms with Crippen LogP contribution in [0, 0.1) is 0 Å². The fraction of sp³-hybridized carbons (Fsp3) is 0.148. The molecule has 37 heavy (non-hydrogen) atoms. The smallest absolute Gasteiger partial charge is 0.265 e. The Morgan fingerprint density at radius 2 is 1.76 bits per heavy atom. The number of phenolic OH excluding ortho intramolecular Hbond substituents is 2. The number of carbonyl (C=O) groups excluding carboxylic acids is 1. The lowest BCUT2D eigenvalue weighted by Gasteiger charge is -2.19. The van der Waals surface area contributed by atoms with E-state index in [1.54, 1.807) is 61.1 Å². The van der Waals surface area contributed by atoms with Gasteiger partial charge in [0.1, 0.15) is 5.65 Å². The van der Waals surface area contributed by atoms with Crippen LogP contribution in [0.5, 0.6) is 17.4 Å². The predicted molar refractivity (Wildman–Crippen MR) is 136 cm³/mol. The van der Waals surface area contributed by atoms with Crippen molar-refractivity contribution in [2.24, 2.45) is 0 Å². The van der Waals surface area contributed by atoms with E-state index in [2.05, 4.69) is 20.3 Å². The summed E-state index contributed by atoms with van der Waals surface area (Å²) in [5.74, 6) is -2.04. The number of aromatic nitrogens is 4. The van der Waals surface area contributed by atoms with Crippen molar-refractivity contribution in [3.63, 3.8) is 0 Å². The second-order valence-electron chi connectivity index (χ2n) is 8.57. The van der Waals surface area contributed by atoms with Crippen molar-refractivity contribution < 1.29 is 20.1 Å². The van der Waals surface area contributed by atoms with E-state index in [0.29, 0.717) is 28.7 Å². The molecule has 1 atom stereocenters. The molecule has 0 saturated heterocycles. The van der Waals surface area contributed by atoms with Gasteiger partial charge in [0.2, 0.25) is 11.8 Å². The monoisotopic (exact) mass is 497 g/mol. The van der Waals surface area contributed by atoms with Crippen LogP contribution in [-0.2, 0) is 11.2 Å². The van der Waals surface area contributed by atoms with Crippen LogP contribution >= 0.6 is 0 Å². The Labute approximate surface area is 210 Å². The number of carbonyl (C=O) groups is 1. The zero-order chi connectivity index (χ0) is 25.9. The Hall–Kier alpha value is -4.99. The first kappa shape index (κ1) is 23.7. The summed E-state index contributed by atoms with van der Waals surface area (Å²) in [6.45, 7) is 0.264. The van der Waals surface area contributed by atoms with Crippen molar-refractivity contribution in [3.05, 3.63) is 100 Å². The van der Waals surface area contributed by atoms with Crippen LogP contribution in [-0.4, -0.2) is 47.1 Å². The number of rotatable bonds is 7. The van der Waals surface area contributed by atoms with Crippen LogP contribution in [0.3, 0.4) is 0 Å². The number of amides is 1. The predicted octanol–water partition coefficient (Wildman–Crippen LogP) is 2.64. The Balaban J connectivity index is 1.46. The standard InChI is InChI=1S/C27H23N5O5/c33-21-7-4-16(13-22(21)34)8-9-30-24(35)15-18(17-5-6-19-20(14-17)29-11-10-28-19)25-26(36)31-23-3-1-2-12-32(23)27(25)37/h1-7,10-14,18,33-34,36H,8-9,15H2,(H,30,35)/t18-/m1/s1. The van der Waals surface area contributed by atoms with Crippen LogP contribution in [0.15, 0.2) is 78.0 Å². The molecule has 0 aliphatic heterocycles. The summed E-state index contributed by atoms with van der Waals surface area (Å²) in [6, 6.07) is 14.7. The third-order valence-electron chi connectivity index (χ3n) is 6.16. The van der Waals surface area contributed by atoms with Gasteiger partial charge in [0.15, 0.2) is 11.5 Å². The number of hydrogen-bond acceptors (Lipinski definition) is 8. The van der Waals surface area contributed by atoms with E-state index in [1.807, 2.05) is 0 Å². The zero-order valence-electron chi connectivity index (χ0n) is 19.6. The van der Waals surface area contributed by atoms with Crippen molar-refractivity contribution in [3.8, 4) is 17.4 Å². The van der Waals surface area contributed by atoms with Gasteiger partial charge in [0.05, 0.1) is 16.6 Å². The molecule has 0 spiro atoms. The van der Waals surface area contributed by atoms with Gasteiger partial charge in [-0.3, -0.25) is 24.0 Å². The molecule has 0 unspecified atom stereocenters. The molecular weight excluding hydrogens is 474 g/mol. The molecular formula is C27H23N5O5. The molecule has 10 heteroatoms. The van der Waals surface area contributed by atoms with Crippen molar-refractivity contribution in [2.75, 3.05) is 6.54 Å². The number of nitrogens with zero attached hydrogens (tertiary/aromatic N) is 4. The van der Waals surface area contributed by atoms with Gasteiger partial charge in [-0.15, -0.1) is 0 Å². The lowest BCUT2D eigenvalue weighted by Crippen LogP contribution is -2.30. The maximum absolute atomic E-state index is 13.4. The second kappa shape index (κ2) is 9.94. The first-order chi connectivity index (χ1) is 17.9. The highest BCUT2D eigenvalue weighted by Crippen LogP contribution is 2.32. The van der Waals surface area contributed by atoms with E-state index >= 15 is 0 Å². The van der Waals surface area contributed by atoms with Gasteiger partial charge in [-0.05, 0) is 53.9 Å². The molecule has 3 heterocycles. The van der Waals surface area contributed by atoms with Crippen LogP contribution < -0.4 is 10.9 Å². The van der Waals surface area contributed by atoms with Gasteiger partial charge in [-0.25, -0.2) is 0 Å². The number of fused-ring (bicyclic) bond motifs is 2. The second-order valence-corrected chi connectivity index (χ2v) is 8.57. The highest BCUT2D eigenvalue weighted by molar-refractivity contribution is 5.79. The molecule has 186 valence electrons. The lowest BCUT2D eigenvalue weighted by molar-refractivity contribution is -0.121.